The van der Waals surface area contributed by atoms with Crippen LogP contribution in [0.2, 0.25) is 0 Å². The predicted octanol–water partition coefficient (Wildman–Crippen LogP) is 7.47. The summed E-state index contributed by atoms with van der Waals surface area (Å²) in [5.74, 6) is -11.2. The molecule has 0 unspecified atom stereocenters. The monoisotopic (exact) mass is 742 g/mol. The summed E-state index contributed by atoms with van der Waals surface area (Å²) in [4.78, 5) is 23.1. The molecule has 51 heavy (non-hydrogen) atoms. The summed E-state index contributed by atoms with van der Waals surface area (Å²) < 4.78 is 126. The van der Waals surface area contributed by atoms with Gasteiger partial charge in [0.2, 0.25) is 5.79 Å². The van der Waals surface area contributed by atoms with Crippen molar-refractivity contribution < 1.29 is 74.3 Å². The van der Waals surface area contributed by atoms with Crippen molar-refractivity contribution in [2.24, 2.45) is 47.3 Å². The molecule has 10 nitrogen and oxygen atoms in total. The minimum atomic E-state index is -4.99. The summed E-state index contributed by atoms with van der Waals surface area (Å²) >= 11 is 0. The number of fused-ring (bicyclic) bond motifs is 4. The van der Waals surface area contributed by atoms with Crippen LogP contribution >= 0.6 is 0 Å². The first kappa shape index (κ1) is 36.9. The van der Waals surface area contributed by atoms with Crippen LogP contribution in [0.1, 0.15) is 86.0 Å². The summed E-state index contributed by atoms with van der Waals surface area (Å²) in [5.41, 5.74) is -2.47. The van der Waals surface area contributed by atoms with Gasteiger partial charge in [-0.25, -0.2) is 19.6 Å². The molecule has 290 valence electrons. The smallest absolute Gasteiger partial charge is 0.338 e. The Morgan fingerprint density at radius 1 is 0.608 bits per heavy atom. The van der Waals surface area contributed by atoms with Crippen molar-refractivity contribution >= 4 is 0 Å². The second kappa shape index (κ2) is 12.2. The minimum absolute atomic E-state index is 0.136. The van der Waals surface area contributed by atoms with Gasteiger partial charge in [0.05, 0.1) is 13.2 Å². The summed E-state index contributed by atoms with van der Waals surface area (Å²) in [7, 11) is 0. The largest absolute Gasteiger partial charge is 0.443 e. The lowest BCUT2D eigenvalue weighted by molar-refractivity contribution is -0.598. The average molecular weight is 743 g/mol. The highest BCUT2D eigenvalue weighted by molar-refractivity contribution is 5.14. The second-order valence-electron chi connectivity index (χ2n) is 16.4. The van der Waals surface area contributed by atoms with E-state index in [0.717, 1.165) is 0 Å². The van der Waals surface area contributed by atoms with Crippen molar-refractivity contribution in [2.45, 2.75) is 146 Å². The number of rotatable bonds is 6. The predicted molar refractivity (Wildman–Crippen MR) is 160 cm³/mol. The molecule has 0 amide bonds. The van der Waals surface area contributed by atoms with Crippen LogP contribution in [0.3, 0.4) is 0 Å². The molecule has 8 aliphatic heterocycles. The Morgan fingerprint density at radius 3 is 1.69 bits per heavy atom. The molecule has 10 aliphatic rings. The number of alkyl halides is 6. The van der Waals surface area contributed by atoms with Gasteiger partial charge >= 0.3 is 12.4 Å². The van der Waals surface area contributed by atoms with E-state index in [1.807, 2.05) is 0 Å². The fourth-order valence-corrected chi connectivity index (χ4v) is 11.3. The zero-order valence-corrected chi connectivity index (χ0v) is 29.4. The van der Waals surface area contributed by atoms with E-state index in [1.54, 1.807) is 6.92 Å². The molecule has 16 atom stereocenters. The van der Waals surface area contributed by atoms with Crippen LogP contribution in [-0.4, -0.2) is 73.0 Å². The van der Waals surface area contributed by atoms with Crippen molar-refractivity contribution in [3.63, 3.8) is 0 Å². The molecule has 10 rings (SSSR count). The van der Waals surface area contributed by atoms with E-state index in [9.17, 15) is 0 Å². The van der Waals surface area contributed by atoms with E-state index < -0.39 is 96.7 Å². The van der Waals surface area contributed by atoms with E-state index in [1.165, 1.54) is 26.0 Å². The number of halogens is 6. The zero-order chi connectivity index (χ0) is 36.4. The average Bonchev–Trinajstić information content (AvgIpc) is 3.47. The Bertz CT molecular complexity index is 1370. The maximum absolute atomic E-state index is 15.1. The second-order valence-corrected chi connectivity index (χ2v) is 16.4. The number of ether oxygens (including phenoxy) is 6. The molecule has 0 aromatic rings. The lowest BCUT2D eigenvalue weighted by atomic mass is 9.57. The number of hydrogen-bond donors (Lipinski definition) is 0. The van der Waals surface area contributed by atoms with Crippen molar-refractivity contribution in [2.75, 3.05) is 13.2 Å². The van der Waals surface area contributed by atoms with Gasteiger partial charge in [0.25, 0.3) is 11.6 Å². The first-order chi connectivity index (χ1) is 23.9. The van der Waals surface area contributed by atoms with E-state index in [2.05, 4.69) is 13.8 Å². The highest BCUT2D eigenvalue weighted by Gasteiger charge is 2.78. The summed E-state index contributed by atoms with van der Waals surface area (Å²) in [6, 6.07) is 0. The van der Waals surface area contributed by atoms with E-state index in [0.29, 0.717) is 51.4 Å². The molecular formula is C35H48F6O10. The lowest BCUT2D eigenvalue weighted by Gasteiger charge is -2.62. The Balaban J connectivity index is 1.01. The number of hydrogen-bond acceptors (Lipinski definition) is 10. The standard InChI is InChI=1S/C35H48F6O10/c1-18-8-10-24-20(3)32(34(36,37)38,46-27-30(24)22(18)12-13-26(44-27)48-50-30)42-16-6-7-17-43-33(35(39,40)41)21(4)25-11-9-19(2)23-14-15-29(5)45-28(47-33)31(23,25)51-49-29/h6-7,18-28H,8-17H2,1-5H3/b7-6-/t18-,19-,20-,21-,22+,23+,24+,25+,26-,27+,28+,29-,30-,31-,32-,33-/m1/s1. The van der Waals surface area contributed by atoms with Gasteiger partial charge < -0.3 is 28.4 Å². The third kappa shape index (κ3) is 5.13. The highest BCUT2D eigenvalue weighted by atomic mass is 19.4. The molecular weight excluding hydrogens is 694 g/mol. The summed E-state index contributed by atoms with van der Waals surface area (Å²) in [6.07, 6.45) is -6.88. The van der Waals surface area contributed by atoms with Gasteiger partial charge in [0.15, 0.2) is 30.1 Å². The fraction of sp³-hybridized carbons (Fsp3) is 0.943. The molecule has 2 aliphatic carbocycles. The molecule has 2 saturated carbocycles. The topological polar surface area (TPSA) is 92.3 Å². The minimum Gasteiger partial charge on any atom is -0.338 e. The summed E-state index contributed by atoms with van der Waals surface area (Å²) in [5, 5.41) is 0. The van der Waals surface area contributed by atoms with Crippen LogP contribution in [0, 0.1) is 47.3 Å². The summed E-state index contributed by atoms with van der Waals surface area (Å²) in [6.45, 7) is 7.32. The molecule has 10 fully saturated rings. The van der Waals surface area contributed by atoms with Gasteiger partial charge in [-0.1, -0.05) is 39.8 Å². The van der Waals surface area contributed by atoms with Gasteiger partial charge in [-0.2, -0.15) is 26.3 Å². The van der Waals surface area contributed by atoms with Gasteiger partial charge in [0, 0.05) is 36.5 Å². The molecule has 0 aromatic carbocycles. The molecule has 2 spiro atoms. The molecule has 0 radical (unpaired) electrons. The Hall–Kier alpha value is -1.08. The Labute approximate surface area is 292 Å². The quantitative estimate of drug-likeness (QED) is 0.155. The zero-order valence-electron chi connectivity index (χ0n) is 29.4. The highest BCUT2D eigenvalue weighted by Crippen LogP contribution is 2.65. The normalized spacial score (nSPS) is 53.7. The Morgan fingerprint density at radius 2 is 1.12 bits per heavy atom. The van der Waals surface area contributed by atoms with E-state index in [-0.39, 0.29) is 23.7 Å². The van der Waals surface area contributed by atoms with Crippen molar-refractivity contribution in [1.82, 2.24) is 0 Å². The molecule has 0 N–H and O–H groups in total. The van der Waals surface area contributed by atoms with Crippen LogP contribution in [0.15, 0.2) is 12.2 Å². The van der Waals surface area contributed by atoms with Gasteiger partial charge in [0.1, 0.15) is 0 Å². The van der Waals surface area contributed by atoms with Crippen molar-refractivity contribution in [3.05, 3.63) is 12.2 Å². The Kier molecular flexibility index (Phi) is 8.83. The van der Waals surface area contributed by atoms with Crippen molar-refractivity contribution in [1.29, 1.82) is 0 Å². The molecule has 8 heterocycles. The van der Waals surface area contributed by atoms with Crippen LogP contribution in [0.5, 0.6) is 0 Å². The van der Waals surface area contributed by atoms with Gasteiger partial charge in [-0.05, 0) is 69.1 Å². The molecule has 16 heteroatoms. The maximum atomic E-state index is 15.1. The first-order valence-corrected chi connectivity index (χ1v) is 18.4. The fourth-order valence-electron chi connectivity index (χ4n) is 11.3. The SMILES string of the molecule is C[C@@H]1CC[C@H]2[C@@H](C)[C@](OC/C=C\CO[C@@]3(C(F)(F)F)O[C@@H]4O[C@@]5(C)CC[C@H]6[C@H](C)CC[C@@H]([C@H]3C)[C@@]46OO5)(C(F)(F)F)O[C@@H]3O[C@H]4CC[C@@H]1[C@]32OO4. The van der Waals surface area contributed by atoms with Crippen LogP contribution in [0.25, 0.3) is 0 Å². The third-order valence-corrected chi connectivity index (χ3v) is 13.9. The lowest BCUT2D eigenvalue weighted by Crippen LogP contribution is -2.76. The van der Waals surface area contributed by atoms with Crippen LogP contribution < -0.4 is 0 Å². The maximum Gasteiger partial charge on any atom is 0.443 e. The molecule has 4 bridgehead atoms. The third-order valence-electron chi connectivity index (χ3n) is 13.9. The molecule has 0 aromatic heterocycles. The van der Waals surface area contributed by atoms with Crippen molar-refractivity contribution in [3.8, 4) is 0 Å². The van der Waals surface area contributed by atoms with Gasteiger partial charge in [-0.15, -0.1) is 0 Å². The molecule has 8 saturated heterocycles. The van der Waals surface area contributed by atoms with E-state index >= 15 is 26.3 Å². The first-order valence-electron chi connectivity index (χ1n) is 18.4. The van der Waals surface area contributed by atoms with Crippen LogP contribution in [0.4, 0.5) is 26.3 Å². The van der Waals surface area contributed by atoms with Gasteiger partial charge in [-0.3, -0.25) is 0 Å². The van der Waals surface area contributed by atoms with Crippen LogP contribution in [-0.2, 0) is 48.0 Å². The van der Waals surface area contributed by atoms with E-state index in [4.69, 9.17) is 48.0 Å².